The molecule has 0 atom stereocenters. The molecule has 3 aromatic rings. The number of amides is 1. The van der Waals surface area contributed by atoms with Gasteiger partial charge in [-0.2, -0.15) is 0 Å². The zero-order valence-electron chi connectivity index (χ0n) is 14.7. The van der Waals surface area contributed by atoms with Crippen molar-refractivity contribution in [3.05, 3.63) is 88.2 Å². The zero-order valence-corrected chi connectivity index (χ0v) is 15.5. The van der Waals surface area contributed by atoms with Gasteiger partial charge in [-0.3, -0.25) is 4.79 Å². The van der Waals surface area contributed by atoms with Crippen molar-refractivity contribution < 1.29 is 4.79 Å². The normalized spacial score (nSPS) is 10.4. The molecule has 0 aliphatic rings. The fourth-order valence-corrected chi connectivity index (χ4v) is 2.59. The quantitative estimate of drug-likeness (QED) is 0.652. The highest BCUT2D eigenvalue weighted by Crippen LogP contribution is 2.20. The molecule has 0 saturated carbocycles. The molecule has 1 amide bonds. The van der Waals surface area contributed by atoms with Crippen molar-refractivity contribution in [2.24, 2.45) is 0 Å². The van der Waals surface area contributed by atoms with Crippen LogP contribution in [0.25, 0.3) is 0 Å². The summed E-state index contributed by atoms with van der Waals surface area (Å²) in [5.74, 6) is -0.269. The number of benzene rings is 2. The fourth-order valence-electron chi connectivity index (χ4n) is 2.41. The van der Waals surface area contributed by atoms with Gasteiger partial charge in [0.25, 0.3) is 5.91 Å². The van der Waals surface area contributed by atoms with Gasteiger partial charge >= 0.3 is 0 Å². The Labute approximate surface area is 158 Å². The maximum atomic E-state index is 12.3. The molecule has 3 rings (SSSR count). The molecule has 0 aliphatic heterocycles. The Morgan fingerprint density at radius 1 is 1.00 bits per heavy atom. The first-order valence-electron chi connectivity index (χ1n) is 8.34. The number of hydrogen-bond acceptors (Lipinski definition) is 3. The minimum absolute atomic E-state index is 0.269. The summed E-state index contributed by atoms with van der Waals surface area (Å²) >= 11 is 6.08. The number of nitrogens with one attached hydrogen (secondary N) is 2. The van der Waals surface area contributed by atoms with E-state index in [-0.39, 0.29) is 5.91 Å². The van der Waals surface area contributed by atoms with Crippen LogP contribution in [-0.2, 0) is 6.54 Å². The summed E-state index contributed by atoms with van der Waals surface area (Å²) in [6, 6.07) is 17.3. The van der Waals surface area contributed by atoms with E-state index in [4.69, 9.17) is 11.6 Å². The van der Waals surface area contributed by atoms with Crippen molar-refractivity contribution >= 4 is 28.9 Å². The Balaban J connectivity index is 1.60. The molecular weight excluding hydrogens is 346 g/mol. The van der Waals surface area contributed by atoms with Crippen LogP contribution in [0.4, 0.5) is 11.4 Å². The number of pyridine rings is 1. The van der Waals surface area contributed by atoms with Crippen LogP contribution in [0.2, 0.25) is 5.02 Å². The number of halogens is 1. The van der Waals surface area contributed by atoms with E-state index in [0.29, 0.717) is 22.9 Å². The summed E-state index contributed by atoms with van der Waals surface area (Å²) in [6.07, 6.45) is 1.66. The van der Waals surface area contributed by atoms with E-state index in [1.165, 1.54) is 11.1 Å². The monoisotopic (exact) mass is 365 g/mol. The van der Waals surface area contributed by atoms with Crippen molar-refractivity contribution in [1.29, 1.82) is 0 Å². The first-order valence-corrected chi connectivity index (χ1v) is 8.72. The van der Waals surface area contributed by atoms with Crippen molar-refractivity contribution in [2.75, 3.05) is 10.6 Å². The van der Waals surface area contributed by atoms with Gasteiger partial charge in [0.1, 0.15) is 5.69 Å². The molecule has 1 aromatic heterocycles. The minimum atomic E-state index is -0.269. The number of rotatable bonds is 5. The number of aryl methyl sites for hydroxylation is 2. The molecule has 4 nitrogen and oxygen atoms in total. The van der Waals surface area contributed by atoms with Crippen LogP contribution >= 0.6 is 11.6 Å². The second kappa shape index (κ2) is 8.02. The summed E-state index contributed by atoms with van der Waals surface area (Å²) in [4.78, 5) is 16.5. The van der Waals surface area contributed by atoms with Crippen LogP contribution in [0.15, 0.2) is 60.8 Å². The lowest BCUT2D eigenvalue weighted by Crippen LogP contribution is -2.13. The SMILES string of the molecule is Cc1ccc(CNc2ccc(C(=O)Nc3ccc(C)c(Cl)c3)nc2)cc1. The number of carbonyl (C=O) groups is 1. The summed E-state index contributed by atoms with van der Waals surface area (Å²) in [7, 11) is 0. The molecule has 0 unspecified atom stereocenters. The molecule has 0 radical (unpaired) electrons. The third-order valence-electron chi connectivity index (χ3n) is 4.04. The van der Waals surface area contributed by atoms with Crippen LogP contribution in [0.3, 0.4) is 0 Å². The van der Waals surface area contributed by atoms with E-state index in [0.717, 1.165) is 11.3 Å². The molecule has 5 heteroatoms. The highest BCUT2D eigenvalue weighted by molar-refractivity contribution is 6.31. The second-order valence-corrected chi connectivity index (χ2v) is 6.60. The molecule has 2 N–H and O–H groups in total. The summed E-state index contributed by atoms with van der Waals surface area (Å²) in [5, 5.41) is 6.72. The van der Waals surface area contributed by atoms with Gasteiger partial charge in [-0.25, -0.2) is 4.98 Å². The molecule has 0 bridgehead atoms. The van der Waals surface area contributed by atoms with Crippen molar-refractivity contribution in [1.82, 2.24) is 4.98 Å². The average molecular weight is 366 g/mol. The van der Waals surface area contributed by atoms with Crippen LogP contribution in [-0.4, -0.2) is 10.9 Å². The Bertz CT molecular complexity index is 906. The van der Waals surface area contributed by atoms with Gasteiger partial charge in [0.05, 0.1) is 11.9 Å². The molecule has 26 heavy (non-hydrogen) atoms. The number of nitrogens with zero attached hydrogens (tertiary/aromatic N) is 1. The lowest BCUT2D eigenvalue weighted by Gasteiger charge is -2.09. The maximum absolute atomic E-state index is 12.3. The standard InChI is InChI=1S/C21H20ClN3O/c1-14-3-6-16(7-4-14)12-23-18-9-10-20(24-13-18)21(26)25-17-8-5-15(2)19(22)11-17/h3-11,13,23H,12H2,1-2H3,(H,25,26). The highest BCUT2D eigenvalue weighted by atomic mass is 35.5. The van der Waals surface area contributed by atoms with Crippen LogP contribution in [0.1, 0.15) is 27.2 Å². The Hall–Kier alpha value is -2.85. The number of hydrogen-bond donors (Lipinski definition) is 2. The largest absolute Gasteiger partial charge is 0.380 e. The van der Waals surface area contributed by atoms with Crippen LogP contribution < -0.4 is 10.6 Å². The predicted octanol–water partition coefficient (Wildman–Crippen LogP) is 5.22. The number of carbonyl (C=O) groups excluding carboxylic acids is 1. The van der Waals surface area contributed by atoms with E-state index in [1.807, 2.05) is 25.1 Å². The molecule has 0 spiro atoms. The molecule has 0 fully saturated rings. The minimum Gasteiger partial charge on any atom is -0.380 e. The van der Waals surface area contributed by atoms with Gasteiger partial charge in [-0.05, 0) is 49.2 Å². The fraction of sp³-hybridized carbons (Fsp3) is 0.143. The zero-order chi connectivity index (χ0) is 18.5. The van der Waals surface area contributed by atoms with Crippen molar-refractivity contribution in [3.63, 3.8) is 0 Å². The summed E-state index contributed by atoms with van der Waals surface area (Å²) < 4.78 is 0. The summed E-state index contributed by atoms with van der Waals surface area (Å²) in [5.41, 5.74) is 5.25. The van der Waals surface area contributed by atoms with E-state index >= 15 is 0 Å². The molecule has 0 saturated heterocycles. The Morgan fingerprint density at radius 3 is 2.38 bits per heavy atom. The number of anilines is 2. The van der Waals surface area contributed by atoms with E-state index in [2.05, 4.69) is 46.8 Å². The van der Waals surface area contributed by atoms with E-state index in [9.17, 15) is 4.79 Å². The van der Waals surface area contributed by atoms with Gasteiger partial charge < -0.3 is 10.6 Å². The first kappa shape index (κ1) is 18.0. The van der Waals surface area contributed by atoms with Gasteiger partial charge in [-0.1, -0.05) is 47.5 Å². The first-order chi connectivity index (χ1) is 12.5. The lowest BCUT2D eigenvalue weighted by molar-refractivity contribution is 0.102. The lowest BCUT2D eigenvalue weighted by atomic mass is 10.1. The smallest absolute Gasteiger partial charge is 0.274 e. The summed E-state index contributed by atoms with van der Waals surface area (Å²) in [6.45, 7) is 4.68. The molecule has 132 valence electrons. The third kappa shape index (κ3) is 4.61. The molecule has 2 aromatic carbocycles. The third-order valence-corrected chi connectivity index (χ3v) is 4.45. The second-order valence-electron chi connectivity index (χ2n) is 6.19. The van der Waals surface area contributed by atoms with Crippen molar-refractivity contribution in [2.45, 2.75) is 20.4 Å². The van der Waals surface area contributed by atoms with Crippen LogP contribution in [0, 0.1) is 13.8 Å². The molecular formula is C21H20ClN3O. The topological polar surface area (TPSA) is 54.0 Å². The Kier molecular flexibility index (Phi) is 5.54. The van der Waals surface area contributed by atoms with Gasteiger partial charge in [0, 0.05) is 17.3 Å². The van der Waals surface area contributed by atoms with E-state index in [1.54, 1.807) is 18.3 Å². The van der Waals surface area contributed by atoms with Crippen LogP contribution in [0.5, 0.6) is 0 Å². The van der Waals surface area contributed by atoms with Gasteiger partial charge in [-0.15, -0.1) is 0 Å². The number of aromatic nitrogens is 1. The van der Waals surface area contributed by atoms with Gasteiger partial charge in [0.15, 0.2) is 0 Å². The molecule has 0 aliphatic carbocycles. The van der Waals surface area contributed by atoms with Crippen molar-refractivity contribution in [3.8, 4) is 0 Å². The highest BCUT2D eigenvalue weighted by Gasteiger charge is 2.08. The van der Waals surface area contributed by atoms with Gasteiger partial charge in [0.2, 0.25) is 0 Å². The molecule has 1 heterocycles. The Morgan fingerprint density at radius 2 is 1.73 bits per heavy atom. The van der Waals surface area contributed by atoms with E-state index < -0.39 is 0 Å². The predicted molar refractivity (Wildman–Crippen MR) is 107 cm³/mol. The maximum Gasteiger partial charge on any atom is 0.274 e. The average Bonchev–Trinajstić information content (AvgIpc) is 2.65.